The molecule has 2 heterocycles. The number of ether oxygens (including phenoxy) is 5. The molecule has 0 unspecified atom stereocenters. The lowest BCUT2D eigenvalue weighted by Crippen LogP contribution is -2.39. The fourth-order valence-corrected chi connectivity index (χ4v) is 6.18. The largest absolute Gasteiger partial charge is 0.493 e. The van der Waals surface area contributed by atoms with E-state index in [9.17, 15) is 19.5 Å². The predicted molar refractivity (Wildman–Crippen MR) is 171 cm³/mol. The van der Waals surface area contributed by atoms with E-state index in [4.69, 9.17) is 23.7 Å². The van der Waals surface area contributed by atoms with Gasteiger partial charge in [-0.25, -0.2) is 14.6 Å². The van der Waals surface area contributed by atoms with E-state index < -0.39 is 18.0 Å². The van der Waals surface area contributed by atoms with E-state index in [0.717, 1.165) is 0 Å². The number of thiazole rings is 1. The predicted octanol–water partition coefficient (Wildman–Crippen LogP) is 4.10. The molecule has 46 heavy (non-hydrogen) atoms. The molecular weight excluding hydrogens is 612 g/mol. The Hall–Kier alpha value is -5.36. The molecule has 12 heteroatoms. The maximum Gasteiger partial charge on any atom is 0.338 e. The van der Waals surface area contributed by atoms with E-state index in [1.807, 2.05) is 0 Å². The highest BCUT2D eigenvalue weighted by Gasteiger charge is 2.34. The van der Waals surface area contributed by atoms with Crippen LogP contribution < -0.4 is 33.8 Å². The quantitative estimate of drug-likeness (QED) is 0.240. The first-order valence-electron chi connectivity index (χ1n) is 14.2. The summed E-state index contributed by atoms with van der Waals surface area (Å²) >= 11 is 1.20. The van der Waals surface area contributed by atoms with Gasteiger partial charge in [0.15, 0.2) is 27.8 Å². The molecule has 0 aliphatic carbocycles. The number of methoxy groups -OCH3 is 3. The zero-order valence-electron chi connectivity index (χ0n) is 25.9. The SMILES string of the molecule is CCOC(=O)C1=C(C)N=c2s/c(=C/c3ccc(OCc4cccc(C(=O)O)c4)c(OC)c3)c(=O)n2[C@H]1c1ccc(OC)c(OC)c1. The molecule has 0 saturated carbocycles. The van der Waals surface area contributed by atoms with E-state index in [2.05, 4.69) is 4.99 Å². The Labute approximate surface area is 268 Å². The number of benzene rings is 3. The van der Waals surface area contributed by atoms with Crippen LogP contribution >= 0.6 is 11.3 Å². The van der Waals surface area contributed by atoms with E-state index in [1.165, 1.54) is 43.3 Å². The molecule has 0 amide bonds. The number of esters is 1. The van der Waals surface area contributed by atoms with Gasteiger partial charge in [0.1, 0.15) is 6.61 Å². The second-order valence-electron chi connectivity index (χ2n) is 10.1. The third-order valence-corrected chi connectivity index (χ3v) is 8.28. The van der Waals surface area contributed by atoms with Crippen LogP contribution in [0.4, 0.5) is 0 Å². The van der Waals surface area contributed by atoms with Gasteiger partial charge in [-0.15, -0.1) is 0 Å². The number of allylic oxidation sites excluding steroid dienone is 1. The van der Waals surface area contributed by atoms with Crippen LogP contribution in [0, 0.1) is 0 Å². The third kappa shape index (κ3) is 6.38. The molecular formula is C34H32N2O9S. The van der Waals surface area contributed by atoms with Crippen LogP contribution in [0.3, 0.4) is 0 Å². The van der Waals surface area contributed by atoms with Gasteiger partial charge in [-0.1, -0.05) is 35.6 Å². The summed E-state index contributed by atoms with van der Waals surface area (Å²) in [6.45, 7) is 3.73. The number of rotatable bonds is 11. The van der Waals surface area contributed by atoms with Gasteiger partial charge in [-0.05, 0) is 73.0 Å². The smallest absolute Gasteiger partial charge is 0.338 e. The van der Waals surface area contributed by atoms with E-state index in [-0.39, 0.29) is 29.9 Å². The lowest BCUT2D eigenvalue weighted by atomic mass is 9.95. The van der Waals surface area contributed by atoms with E-state index >= 15 is 0 Å². The van der Waals surface area contributed by atoms with Gasteiger partial charge in [0.05, 0.1) is 55.3 Å². The zero-order valence-corrected chi connectivity index (χ0v) is 26.7. The molecule has 3 aromatic carbocycles. The second-order valence-corrected chi connectivity index (χ2v) is 11.1. The first-order valence-corrected chi connectivity index (χ1v) is 15.0. The maximum atomic E-state index is 14.0. The van der Waals surface area contributed by atoms with Gasteiger partial charge in [0.25, 0.3) is 5.56 Å². The summed E-state index contributed by atoms with van der Waals surface area (Å²) in [5.41, 5.74) is 2.52. The molecule has 1 atom stereocenters. The fraction of sp³-hybridized carbons (Fsp3) is 0.235. The highest BCUT2D eigenvalue weighted by molar-refractivity contribution is 7.07. The van der Waals surface area contributed by atoms with Gasteiger partial charge in [0, 0.05) is 0 Å². The molecule has 238 valence electrons. The fourth-order valence-electron chi connectivity index (χ4n) is 5.13. The average Bonchev–Trinajstić information content (AvgIpc) is 3.36. The molecule has 4 aromatic rings. The van der Waals surface area contributed by atoms with Crippen LogP contribution in [-0.4, -0.2) is 49.5 Å². The molecule has 1 aliphatic heterocycles. The lowest BCUT2D eigenvalue weighted by Gasteiger charge is -2.25. The Morgan fingerprint density at radius 1 is 0.957 bits per heavy atom. The number of carboxylic acids is 1. The first-order chi connectivity index (χ1) is 22.2. The maximum absolute atomic E-state index is 14.0. The molecule has 0 saturated heterocycles. The Bertz CT molecular complexity index is 2030. The number of fused-ring (bicyclic) bond motifs is 1. The molecule has 11 nitrogen and oxygen atoms in total. The van der Waals surface area contributed by atoms with Gasteiger partial charge < -0.3 is 28.8 Å². The highest BCUT2D eigenvalue weighted by atomic mass is 32.1. The van der Waals surface area contributed by atoms with Crippen molar-refractivity contribution in [2.75, 3.05) is 27.9 Å². The first kappa shape index (κ1) is 32.0. The summed E-state index contributed by atoms with van der Waals surface area (Å²) in [6, 6.07) is 16.2. The van der Waals surface area contributed by atoms with Crippen molar-refractivity contribution >= 4 is 29.4 Å². The number of nitrogens with zero attached hydrogens (tertiary/aromatic N) is 2. The molecule has 1 aliphatic rings. The Balaban J connectivity index is 1.54. The van der Waals surface area contributed by atoms with Gasteiger partial charge in [0.2, 0.25) is 0 Å². The number of aromatic nitrogens is 1. The standard InChI is InChI=1S/C34H32N2O9S/c1-6-44-33(40)29-19(2)35-34-36(30(29)22-11-13-24(41-3)27(17-22)43-5)31(37)28(46-34)16-20-10-12-25(26(15-20)42-4)45-18-21-8-7-9-23(14-21)32(38)39/h7-17,30H,6,18H2,1-5H3,(H,38,39)/b28-16+/t30-/m0/s1. The van der Waals surface area contributed by atoms with Crippen molar-refractivity contribution in [3.63, 3.8) is 0 Å². The normalized spacial score (nSPS) is 14.3. The Kier molecular flexibility index (Phi) is 9.57. The summed E-state index contributed by atoms with van der Waals surface area (Å²) in [4.78, 5) is 43.6. The summed E-state index contributed by atoms with van der Waals surface area (Å²) in [6.07, 6.45) is 1.72. The number of carbonyl (C=O) groups is 2. The van der Waals surface area contributed by atoms with Crippen LogP contribution in [0.2, 0.25) is 0 Å². The van der Waals surface area contributed by atoms with Gasteiger partial charge >= 0.3 is 11.9 Å². The minimum Gasteiger partial charge on any atom is -0.493 e. The van der Waals surface area contributed by atoms with Crippen molar-refractivity contribution in [1.82, 2.24) is 4.57 Å². The summed E-state index contributed by atoms with van der Waals surface area (Å²) in [5, 5.41) is 9.26. The van der Waals surface area contributed by atoms with Crippen LogP contribution in [-0.2, 0) is 16.1 Å². The van der Waals surface area contributed by atoms with Crippen LogP contribution in [0.5, 0.6) is 23.0 Å². The topological polar surface area (TPSA) is 135 Å². The molecule has 0 spiro atoms. The lowest BCUT2D eigenvalue weighted by molar-refractivity contribution is -0.139. The van der Waals surface area contributed by atoms with E-state index in [0.29, 0.717) is 54.7 Å². The van der Waals surface area contributed by atoms with Crippen LogP contribution in [0.1, 0.15) is 46.9 Å². The molecule has 1 aromatic heterocycles. The zero-order chi connectivity index (χ0) is 33.0. The van der Waals surface area contributed by atoms with Gasteiger partial charge in [-0.2, -0.15) is 0 Å². The molecule has 0 radical (unpaired) electrons. The van der Waals surface area contributed by atoms with Crippen molar-refractivity contribution in [3.05, 3.63) is 114 Å². The molecule has 1 N–H and O–H groups in total. The summed E-state index contributed by atoms with van der Waals surface area (Å²) in [5.74, 6) is 0.255. The second kappa shape index (κ2) is 13.7. The minimum atomic E-state index is -1.02. The number of hydrogen-bond acceptors (Lipinski definition) is 10. The van der Waals surface area contributed by atoms with Gasteiger partial charge in [-0.3, -0.25) is 9.36 Å². The number of carbonyl (C=O) groups excluding carboxylic acids is 1. The molecule has 5 rings (SSSR count). The van der Waals surface area contributed by atoms with Crippen molar-refractivity contribution in [2.45, 2.75) is 26.5 Å². The van der Waals surface area contributed by atoms with Crippen molar-refractivity contribution in [3.8, 4) is 23.0 Å². The number of hydrogen-bond donors (Lipinski definition) is 1. The summed E-state index contributed by atoms with van der Waals surface area (Å²) in [7, 11) is 4.55. The summed E-state index contributed by atoms with van der Waals surface area (Å²) < 4.78 is 29.7. The molecule has 0 bridgehead atoms. The number of aromatic carboxylic acids is 1. The third-order valence-electron chi connectivity index (χ3n) is 7.29. The van der Waals surface area contributed by atoms with Crippen LogP contribution in [0.15, 0.2) is 81.7 Å². The Morgan fingerprint density at radius 2 is 1.67 bits per heavy atom. The van der Waals surface area contributed by atoms with Crippen LogP contribution in [0.25, 0.3) is 6.08 Å². The Morgan fingerprint density at radius 3 is 2.37 bits per heavy atom. The van der Waals surface area contributed by atoms with Crippen molar-refractivity contribution < 1.29 is 38.4 Å². The highest BCUT2D eigenvalue weighted by Crippen LogP contribution is 2.36. The van der Waals surface area contributed by atoms with Crippen molar-refractivity contribution in [1.29, 1.82) is 0 Å². The number of carboxylic acid groups (broad SMARTS) is 1. The average molecular weight is 645 g/mol. The minimum absolute atomic E-state index is 0.133. The monoisotopic (exact) mass is 644 g/mol. The molecule has 0 fully saturated rings. The van der Waals surface area contributed by atoms with Crippen molar-refractivity contribution in [2.24, 2.45) is 4.99 Å². The van der Waals surface area contributed by atoms with E-state index in [1.54, 1.807) is 74.5 Å².